The zero-order chi connectivity index (χ0) is 22.9. The van der Waals surface area contributed by atoms with Gasteiger partial charge in [0.25, 0.3) is 5.91 Å². The number of carbonyl (C=O) groups excluding carboxylic acids is 1. The lowest BCUT2D eigenvalue weighted by Gasteiger charge is -2.15. The van der Waals surface area contributed by atoms with Crippen LogP contribution in [0.3, 0.4) is 0 Å². The normalized spacial score (nSPS) is 10.6. The summed E-state index contributed by atoms with van der Waals surface area (Å²) in [4.78, 5) is 17.4. The van der Waals surface area contributed by atoms with Gasteiger partial charge in [0.2, 0.25) is 0 Å². The second-order valence-corrected chi connectivity index (χ2v) is 7.94. The smallest absolute Gasteiger partial charge is 0.254 e. The molecule has 7 heteroatoms. The maximum Gasteiger partial charge on any atom is 0.254 e. The summed E-state index contributed by atoms with van der Waals surface area (Å²) in [6.45, 7) is 3.21. The number of rotatable bonds is 10. The Hall–Kier alpha value is -3.30. The Morgan fingerprint density at radius 2 is 2.03 bits per heavy atom. The van der Waals surface area contributed by atoms with E-state index in [0.29, 0.717) is 46.2 Å². The lowest BCUT2D eigenvalue weighted by molar-refractivity contribution is 0.0953. The summed E-state index contributed by atoms with van der Waals surface area (Å²) in [5, 5.41) is 16.9. The number of anilines is 1. The van der Waals surface area contributed by atoms with Crippen LogP contribution in [0.2, 0.25) is 5.02 Å². The van der Waals surface area contributed by atoms with Crippen molar-refractivity contribution in [3.8, 4) is 11.8 Å². The van der Waals surface area contributed by atoms with Gasteiger partial charge in [-0.2, -0.15) is 5.26 Å². The van der Waals surface area contributed by atoms with Crippen molar-refractivity contribution in [1.82, 2.24) is 10.3 Å². The van der Waals surface area contributed by atoms with Gasteiger partial charge in [0.15, 0.2) is 0 Å². The van der Waals surface area contributed by atoms with Gasteiger partial charge in [-0.05, 0) is 42.3 Å². The summed E-state index contributed by atoms with van der Waals surface area (Å²) >= 11 is 6.26. The number of halogens is 1. The minimum atomic E-state index is -0.187. The van der Waals surface area contributed by atoms with E-state index in [1.807, 2.05) is 18.2 Å². The average Bonchev–Trinajstić information content (AvgIpc) is 2.81. The number of hydrogen-bond donors (Lipinski definition) is 2. The molecule has 1 heterocycles. The summed E-state index contributed by atoms with van der Waals surface area (Å²) in [5.74, 6) is 0.417. The predicted molar refractivity (Wildman–Crippen MR) is 128 cm³/mol. The molecule has 0 fully saturated rings. The summed E-state index contributed by atoms with van der Waals surface area (Å²) in [6, 6.07) is 13.0. The highest BCUT2D eigenvalue weighted by Gasteiger charge is 2.16. The van der Waals surface area contributed by atoms with Crippen molar-refractivity contribution in [2.75, 3.05) is 19.0 Å². The molecule has 0 saturated carbocycles. The standard InChI is InChI=1S/C25H27ClN4O2/c1-3-4-5-6-11-28-25(31)20-16-29-22-9-7-17(14-27)12-19(22)24(20)30-15-18-8-10-23(32-2)21(26)13-18/h7-10,12-13,16H,3-6,11,15H2,1-2H3,(H,28,31)(H,29,30). The van der Waals surface area contributed by atoms with Crippen LogP contribution in [0.4, 0.5) is 5.69 Å². The number of amides is 1. The topological polar surface area (TPSA) is 87.0 Å². The maximum absolute atomic E-state index is 13.0. The lowest BCUT2D eigenvalue weighted by atomic mass is 10.1. The van der Waals surface area contributed by atoms with Crippen LogP contribution in [0, 0.1) is 11.3 Å². The fraction of sp³-hybridized carbons (Fsp3) is 0.320. The number of unbranched alkanes of at least 4 members (excludes halogenated alkanes) is 3. The van der Waals surface area contributed by atoms with Gasteiger partial charge in [-0.15, -0.1) is 0 Å². The van der Waals surface area contributed by atoms with Crippen molar-refractivity contribution in [1.29, 1.82) is 5.26 Å². The van der Waals surface area contributed by atoms with E-state index in [2.05, 4.69) is 28.6 Å². The van der Waals surface area contributed by atoms with Gasteiger partial charge >= 0.3 is 0 Å². The molecule has 1 aromatic heterocycles. The third kappa shape index (κ3) is 5.68. The molecule has 0 bridgehead atoms. The molecule has 0 radical (unpaired) electrons. The lowest BCUT2D eigenvalue weighted by Crippen LogP contribution is -2.25. The molecule has 0 spiro atoms. The first-order chi connectivity index (χ1) is 15.6. The van der Waals surface area contributed by atoms with Gasteiger partial charge in [-0.25, -0.2) is 0 Å². The van der Waals surface area contributed by atoms with Crippen LogP contribution in [-0.2, 0) is 6.54 Å². The van der Waals surface area contributed by atoms with Crippen LogP contribution in [0.5, 0.6) is 5.75 Å². The van der Waals surface area contributed by atoms with Crippen LogP contribution < -0.4 is 15.4 Å². The number of aromatic nitrogens is 1. The number of nitrogens with one attached hydrogen (secondary N) is 2. The number of ether oxygens (including phenoxy) is 1. The van der Waals surface area contributed by atoms with Gasteiger partial charge in [0, 0.05) is 24.7 Å². The zero-order valence-corrected chi connectivity index (χ0v) is 19.1. The summed E-state index contributed by atoms with van der Waals surface area (Å²) in [6.07, 6.45) is 5.90. The van der Waals surface area contributed by atoms with Crippen LogP contribution in [0.25, 0.3) is 10.9 Å². The van der Waals surface area contributed by atoms with E-state index in [-0.39, 0.29) is 5.91 Å². The number of carbonyl (C=O) groups is 1. The molecule has 0 unspecified atom stereocenters. The van der Waals surface area contributed by atoms with E-state index in [9.17, 15) is 10.1 Å². The second-order valence-electron chi connectivity index (χ2n) is 7.53. The van der Waals surface area contributed by atoms with Crippen LogP contribution in [-0.4, -0.2) is 24.5 Å². The largest absolute Gasteiger partial charge is 0.495 e. The molecule has 0 aliphatic rings. The van der Waals surface area contributed by atoms with Crippen LogP contribution in [0.1, 0.15) is 54.1 Å². The number of hydrogen-bond acceptors (Lipinski definition) is 5. The fourth-order valence-electron chi connectivity index (χ4n) is 3.48. The summed E-state index contributed by atoms with van der Waals surface area (Å²) in [5.41, 5.74) is 3.24. The number of benzene rings is 2. The van der Waals surface area contributed by atoms with E-state index >= 15 is 0 Å². The zero-order valence-electron chi connectivity index (χ0n) is 18.4. The molecule has 32 heavy (non-hydrogen) atoms. The van der Waals surface area contributed by atoms with E-state index in [1.54, 1.807) is 31.5 Å². The average molecular weight is 451 g/mol. The molecule has 0 aliphatic heterocycles. The minimum Gasteiger partial charge on any atom is -0.495 e. The van der Waals surface area contributed by atoms with Gasteiger partial charge < -0.3 is 15.4 Å². The molecule has 3 rings (SSSR count). The number of nitrogens with zero attached hydrogens (tertiary/aromatic N) is 2. The fourth-order valence-corrected chi connectivity index (χ4v) is 3.76. The van der Waals surface area contributed by atoms with E-state index in [0.717, 1.165) is 36.6 Å². The van der Waals surface area contributed by atoms with Crippen LogP contribution in [0.15, 0.2) is 42.6 Å². The summed E-state index contributed by atoms with van der Waals surface area (Å²) < 4.78 is 5.21. The van der Waals surface area contributed by atoms with Gasteiger partial charge in [0.05, 0.1) is 40.5 Å². The van der Waals surface area contributed by atoms with E-state index in [4.69, 9.17) is 16.3 Å². The van der Waals surface area contributed by atoms with Crippen molar-refractivity contribution < 1.29 is 9.53 Å². The molecule has 2 aromatic carbocycles. The third-order valence-electron chi connectivity index (χ3n) is 5.24. The highest BCUT2D eigenvalue weighted by atomic mass is 35.5. The number of methoxy groups -OCH3 is 1. The van der Waals surface area contributed by atoms with Gasteiger partial charge in [-0.1, -0.05) is 43.9 Å². The molecular weight excluding hydrogens is 424 g/mol. The molecule has 6 nitrogen and oxygen atoms in total. The first-order valence-corrected chi connectivity index (χ1v) is 11.1. The Bertz CT molecular complexity index is 1140. The van der Waals surface area contributed by atoms with Crippen LogP contribution >= 0.6 is 11.6 Å². The first kappa shape index (κ1) is 23.4. The van der Waals surface area contributed by atoms with Crippen molar-refractivity contribution in [2.24, 2.45) is 0 Å². The highest BCUT2D eigenvalue weighted by Crippen LogP contribution is 2.29. The Morgan fingerprint density at radius 1 is 1.19 bits per heavy atom. The number of nitriles is 1. The predicted octanol–water partition coefficient (Wildman–Crippen LogP) is 5.69. The quantitative estimate of drug-likeness (QED) is 0.387. The summed E-state index contributed by atoms with van der Waals surface area (Å²) in [7, 11) is 1.57. The number of fused-ring (bicyclic) bond motifs is 1. The van der Waals surface area contributed by atoms with Crippen molar-refractivity contribution >= 4 is 34.1 Å². The Morgan fingerprint density at radius 3 is 2.75 bits per heavy atom. The molecular formula is C25H27ClN4O2. The molecule has 2 N–H and O–H groups in total. The molecule has 0 atom stereocenters. The van der Waals surface area contributed by atoms with E-state index in [1.165, 1.54) is 0 Å². The Labute approximate surface area is 193 Å². The monoisotopic (exact) mass is 450 g/mol. The van der Waals surface area contributed by atoms with Crippen molar-refractivity contribution in [3.63, 3.8) is 0 Å². The Balaban J connectivity index is 1.89. The maximum atomic E-state index is 13.0. The second kappa shape index (κ2) is 11.4. The molecule has 166 valence electrons. The number of pyridine rings is 1. The SMILES string of the molecule is CCCCCCNC(=O)c1cnc2ccc(C#N)cc2c1NCc1ccc(OC)c(Cl)c1. The Kier molecular flexibility index (Phi) is 8.29. The van der Waals surface area contributed by atoms with Gasteiger partial charge in [-0.3, -0.25) is 9.78 Å². The molecule has 0 saturated heterocycles. The van der Waals surface area contributed by atoms with Crippen molar-refractivity contribution in [3.05, 3.63) is 64.3 Å². The minimum absolute atomic E-state index is 0.187. The first-order valence-electron chi connectivity index (χ1n) is 10.7. The highest BCUT2D eigenvalue weighted by molar-refractivity contribution is 6.32. The molecule has 0 aliphatic carbocycles. The molecule has 1 amide bonds. The molecule has 3 aromatic rings. The van der Waals surface area contributed by atoms with Crippen molar-refractivity contribution in [2.45, 2.75) is 39.2 Å². The third-order valence-corrected chi connectivity index (χ3v) is 5.54. The van der Waals surface area contributed by atoms with E-state index < -0.39 is 0 Å². The van der Waals surface area contributed by atoms with Gasteiger partial charge in [0.1, 0.15) is 5.75 Å².